The van der Waals surface area contributed by atoms with Crippen molar-refractivity contribution in [2.75, 3.05) is 0 Å². The van der Waals surface area contributed by atoms with Gasteiger partial charge in [0.15, 0.2) is 0 Å². The van der Waals surface area contributed by atoms with Crippen LogP contribution in [0.4, 0.5) is 0 Å². The lowest BCUT2D eigenvalue weighted by atomic mass is 9.89. The fourth-order valence-corrected chi connectivity index (χ4v) is 6.82. The molecule has 4 nitrogen and oxygen atoms in total. The molecule has 0 N–H and O–H groups in total. The minimum atomic E-state index is 0.538. The van der Waals surface area contributed by atoms with Crippen molar-refractivity contribution >= 4 is 43.9 Å². The Morgan fingerprint density at radius 1 is 0.333 bits per heavy atom. The van der Waals surface area contributed by atoms with Crippen LogP contribution in [-0.2, 0) is 0 Å². The molecular weight excluding hydrogens is 588 g/mol. The van der Waals surface area contributed by atoms with Gasteiger partial charge in [-0.15, -0.1) is 0 Å². The number of nitriles is 2. The fraction of sp³-hybridized carbons (Fsp3) is 0. The second kappa shape index (κ2) is 10.9. The van der Waals surface area contributed by atoms with Crippen LogP contribution in [0.5, 0.6) is 0 Å². The van der Waals surface area contributed by atoms with Crippen molar-refractivity contribution in [1.82, 2.24) is 0 Å². The molecule has 0 saturated heterocycles. The number of nitrogens with zero attached hydrogens (tertiary/aromatic N) is 2. The van der Waals surface area contributed by atoms with Crippen molar-refractivity contribution < 1.29 is 8.83 Å². The van der Waals surface area contributed by atoms with E-state index >= 15 is 0 Å². The first-order valence-electron chi connectivity index (χ1n) is 15.7. The Bertz CT molecular complexity index is 2690. The van der Waals surface area contributed by atoms with Crippen LogP contribution >= 0.6 is 0 Å². The maximum atomic E-state index is 10.4. The summed E-state index contributed by atoms with van der Waals surface area (Å²) in [5.74, 6) is 0. The lowest BCUT2D eigenvalue weighted by molar-refractivity contribution is 0.668. The van der Waals surface area contributed by atoms with Crippen molar-refractivity contribution in [3.63, 3.8) is 0 Å². The van der Waals surface area contributed by atoms with Crippen LogP contribution in [0, 0.1) is 22.7 Å². The number of benzene rings is 7. The van der Waals surface area contributed by atoms with Crippen LogP contribution in [0.2, 0.25) is 0 Å². The van der Waals surface area contributed by atoms with E-state index in [1.54, 1.807) is 6.07 Å². The Morgan fingerprint density at radius 2 is 0.812 bits per heavy atom. The molecule has 222 valence electrons. The summed E-state index contributed by atoms with van der Waals surface area (Å²) < 4.78 is 12.3. The first kappa shape index (κ1) is 27.4. The maximum Gasteiger partial charge on any atom is 0.135 e. The molecule has 0 aliphatic heterocycles. The minimum Gasteiger partial charge on any atom is -0.456 e. The molecule has 0 atom stereocenters. The highest BCUT2D eigenvalue weighted by Gasteiger charge is 2.16. The van der Waals surface area contributed by atoms with E-state index in [4.69, 9.17) is 8.83 Å². The average Bonchev–Trinajstić information content (AvgIpc) is 3.72. The third-order valence-corrected chi connectivity index (χ3v) is 9.16. The molecule has 7 aromatic carbocycles. The van der Waals surface area contributed by atoms with Gasteiger partial charge in [-0.3, -0.25) is 0 Å². The molecule has 4 heteroatoms. The smallest absolute Gasteiger partial charge is 0.135 e. The van der Waals surface area contributed by atoms with Gasteiger partial charge < -0.3 is 8.83 Å². The van der Waals surface area contributed by atoms with Gasteiger partial charge >= 0.3 is 0 Å². The summed E-state index contributed by atoms with van der Waals surface area (Å²) in [6.45, 7) is 0. The van der Waals surface area contributed by atoms with E-state index in [9.17, 15) is 10.5 Å². The molecule has 0 bridgehead atoms. The zero-order chi connectivity index (χ0) is 32.2. The van der Waals surface area contributed by atoms with Crippen molar-refractivity contribution in [3.8, 4) is 56.6 Å². The number of hydrogen-bond donors (Lipinski definition) is 0. The first-order chi connectivity index (χ1) is 23.7. The second-order valence-electron chi connectivity index (χ2n) is 11.9. The lowest BCUT2D eigenvalue weighted by Crippen LogP contribution is -1.91. The molecular formula is C44H24N2O2. The van der Waals surface area contributed by atoms with Crippen LogP contribution in [0.25, 0.3) is 88.4 Å². The molecule has 2 heterocycles. The molecule has 48 heavy (non-hydrogen) atoms. The van der Waals surface area contributed by atoms with Crippen LogP contribution in [0.1, 0.15) is 11.1 Å². The number of rotatable bonds is 4. The molecule has 0 spiro atoms. The Kier molecular flexibility index (Phi) is 6.22. The predicted molar refractivity (Wildman–Crippen MR) is 192 cm³/mol. The van der Waals surface area contributed by atoms with E-state index in [-0.39, 0.29) is 0 Å². The molecule has 0 saturated carbocycles. The van der Waals surface area contributed by atoms with E-state index in [1.165, 1.54) is 0 Å². The molecule has 2 aromatic heterocycles. The summed E-state index contributed by atoms with van der Waals surface area (Å²) in [5, 5.41) is 24.4. The van der Waals surface area contributed by atoms with Crippen molar-refractivity contribution in [2.45, 2.75) is 0 Å². The summed E-state index contributed by atoms with van der Waals surface area (Å²) in [5.41, 5.74) is 12.0. The predicted octanol–water partition coefficient (Wildman–Crippen LogP) is 11.9. The average molecular weight is 613 g/mol. The lowest BCUT2D eigenvalue weighted by Gasteiger charge is -2.14. The Morgan fingerprint density at radius 3 is 1.42 bits per heavy atom. The summed E-state index contributed by atoms with van der Waals surface area (Å²) in [6.07, 6.45) is 0. The highest BCUT2D eigenvalue weighted by molar-refractivity contribution is 6.07. The number of para-hydroxylation sites is 2. The van der Waals surface area contributed by atoms with Crippen LogP contribution in [-0.4, -0.2) is 0 Å². The maximum absolute atomic E-state index is 10.4. The standard InChI is InChI=1S/C44H24N2O2/c45-25-30-7-1-2-8-35(30)29-13-16-36(34(19-29)26-46)33-21-31(27-14-17-43-39(23-27)37-9-3-5-11-41(37)47-43)20-32(22-33)28-15-18-44-40(24-28)38-10-4-6-12-42(38)48-44/h1-24H. The van der Waals surface area contributed by atoms with Gasteiger partial charge in [-0.2, -0.15) is 10.5 Å². The quantitative estimate of drug-likeness (QED) is 0.198. The summed E-state index contributed by atoms with van der Waals surface area (Å²) in [4.78, 5) is 0. The topological polar surface area (TPSA) is 73.9 Å². The molecule has 9 aromatic rings. The SMILES string of the molecule is N#Cc1ccccc1-c1ccc(-c2cc(-c3ccc4oc5ccccc5c4c3)cc(-c3ccc4oc5ccccc5c4c3)c2)c(C#N)c1. The zero-order valence-electron chi connectivity index (χ0n) is 25.6. The summed E-state index contributed by atoms with van der Waals surface area (Å²) >= 11 is 0. The van der Waals surface area contributed by atoms with Gasteiger partial charge in [-0.1, -0.05) is 78.9 Å². The van der Waals surface area contributed by atoms with E-state index in [0.717, 1.165) is 88.4 Å². The highest BCUT2D eigenvalue weighted by atomic mass is 16.3. The van der Waals surface area contributed by atoms with E-state index < -0.39 is 0 Å². The van der Waals surface area contributed by atoms with Crippen LogP contribution in [0.3, 0.4) is 0 Å². The molecule has 0 aliphatic rings. The summed E-state index contributed by atoms with van der Waals surface area (Å²) in [6, 6.07) is 53.3. The third-order valence-electron chi connectivity index (χ3n) is 9.16. The molecule has 0 radical (unpaired) electrons. The minimum absolute atomic E-state index is 0.538. The van der Waals surface area contributed by atoms with Crippen molar-refractivity contribution in [3.05, 3.63) is 157 Å². The molecule has 9 rings (SSSR count). The van der Waals surface area contributed by atoms with Gasteiger partial charge in [-0.25, -0.2) is 0 Å². The van der Waals surface area contributed by atoms with E-state index in [0.29, 0.717) is 11.1 Å². The zero-order valence-corrected chi connectivity index (χ0v) is 25.6. The normalized spacial score (nSPS) is 11.3. The summed E-state index contributed by atoms with van der Waals surface area (Å²) in [7, 11) is 0. The third kappa shape index (κ3) is 4.44. The molecule has 0 aliphatic carbocycles. The monoisotopic (exact) mass is 612 g/mol. The Labute approximate surface area is 275 Å². The molecule has 0 unspecified atom stereocenters. The van der Waals surface area contributed by atoms with Crippen molar-refractivity contribution in [2.24, 2.45) is 0 Å². The fourth-order valence-electron chi connectivity index (χ4n) is 6.82. The number of furan rings is 2. The second-order valence-corrected chi connectivity index (χ2v) is 11.9. The first-order valence-corrected chi connectivity index (χ1v) is 15.7. The Balaban J connectivity index is 1.26. The van der Waals surface area contributed by atoms with Gasteiger partial charge in [0.05, 0.1) is 23.3 Å². The number of fused-ring (bicyclic) bond motifs is 6. The van der Waals surface area contributed by atoms with Gasteiger partial charge in [0.1, 0.15) is 22.3 Å². The van der Waals surface area contributed by atoms with E-state index in [1.807, 2.05) is 84.9 Å². The number of hydrogen-bond acceptors (Lipinski definition) is 4. The molecule has 0 fully saturated rings. The largest absolute Gasteiger partial charge is 0.456 e. The van der Waals surface area contributed by atoms with Crippen molar-refractivity contribution in [1.29, 1.82) is 10.5 Å². The van der Waals surface area contributed by atoms with Crippen LogP contribution in [0.15, 0.2) is 154 Å². The van der Waals surface area contributed by atoms with Gasteiger partial charge in [0.25, 0.3) is 0 Å². The highest BCUT2D eigenvalue weighted by Crippen LogP contribution is 2.39. The van der Waals surface area contributed by atoms with E-state index in [2.05, 4.69) is 66.7 Å². The Hall–Kier alpha value is -6.88. The van der Waals surface area contributed by atoms with Gasteiger partial charge in [0.2, 0.25) is 0 Å². The molecule has 0 amide bonds. The van der Waals surface area contributed by atoms with Gasteiger partial charge in [-0.05, 0) is 111 Å². The van der Waals surface area contributed by atoms with Crippen LogP contribution < -0.4 is 0 Å². The van der Waals surface area contributed by atoms with Gasteiger partial charge in [0, 0.05) is 21.5 Å².